The van der Waals surface area contributed by atoms with Gasteiger partial charge in [-0.2, -0.15) is 11.8 Å². The number of carbonyl (C=O) groups is 2. The molecule has 0 radical (unpaired) electrons. The Morgan fingerprint density at radius 1 is 1.26 bits per heavy atom. The smallest absolute Gasteiger partial charge is 0.317 e. The number of hydrogen-bond acceptors (Lipinski definition) is 3. The van der Waals surface area contributed by atoms with Crippen molar-refractivity contribution < 1.29 is 14.7 Å². The zero-order chi connectivity index (χ0) is 13.8. The van der Waals surface area contributed by atoms with Gasteiger partial charge in [-0.05, 0) is 25.0 Å². The largest absolute Gasteiger partial charge is 0.481 e. The first-order valence-corrected chi connectivity index (χ1v) is 8.09. The molecule has 2 fully saturated rings. The molecule has 0 spiro atoms. The van der Waals surface area contributed by atoms with Gasteiger partial charge in [0.2, 0.25) is 0 Å². The summed E-state index contributed by atoms with van der Waals surface area (Å²) in [6.07, 6.45) is 4.41. The highest BCUT2D eigenvalue weighted by atomic mass is 32.2. The maximum atomic E-state index is 12.2. The van der Waals surface area contributed by atoms with E-state index in [0.29, 0.717) is 6.42 Å². The van der Waals surface area contributed by atoms with Crippen LogP contribution < -0.4 is 5.32 Å². The number of nitrogens with one attached hydrogen (secondary N) is 1. The molecular formula is C13H22N2O3S. The standard InChI is InChI=1S/C13H22N2O3S/c1-15(9-6-7-19-8-9)13(18)14-11-5-3-2-4-10(11)12(16)17/h9-11H,2-8H2,1H3,(H,14,18)(H,16,17). The molecule has 5 nitrogen and oxygen atoms in total. The quantitative estimate of drug-likeness (QED) is 0.829. The summed E-state index contributed by atoms with van der Waals surface area (Å²) >= 11 is 1.86. The first kappa shape index (κ1) is 14.5. The number of hydrogen-bond donors (Lipinski definition) is 2. The van der Waals surface area contributed by atoms with Crippen LogP contribution >= 0.6 is 11.8 Å². The predicted molar refractivity (Wildman–Crippen MR) is 75.4 cm³/mol. The maximum Gasteiger partial charge on any atom is 0.317 e. The lowest BCUT2D eigenvalue weighted by atomic mass is 9.84. The number of carboxylic acid groups (broad SMARTS) is 1. The van der Waals surface area contributed by atoms with Crippen molar-refractivity contribution in [3.8, 4) is 0 Å². The van der Waals surface area contributed by atoms with E-state index in [1.807, 2.05) is 18.8 Å². The molecule has 2 amide bonds. The molecular weight excluding hydrogens is 264 g/mol. The van der Waals surface area contributed by atoms with Crippen molar-refractivity contribution in [1.82, 2.24) is 10.2 Å². The van der Waals surface area contributed by atoms with Gasteiger partial charge in [-0.25, -0.2) is 4.79 Å². The summed E-state index contributed by atoms with van der Waals surface area (Å²) in [6, 6.07) is -0.0437. The van der Waals surface area contributed by atoms with Crippen molar-refractivity contribution in [1.29, 1.82) is 0 Å². The topological polar surface area (TPSA) is 69.6 Å². The summed E-state index contributed by atoms with van der Waals surface area (Å²) in [5.41, 5.74) is 0. The van der Waals surface area contributed by atoms with Gasteiger partial charge in [-0.3, -0.25) is 4.79 Å². The van der Waals surface area contributed by atoms with Crippen LogP contribution in [0, 0.1) is 5.92 Å². The van der Waals surface area contributed by atoms with Gasteiger partial charge in [0.15, 0.2) is 0 Å². The molecule has 19 heavy (non-hydrogen) atoms. The zero-order valence-electron chi connectivity index (χ0n) is 11.3. The Bertz CT molecular complexity index is 345. The predicted octanol–water partition coefficient (Wildman–Crippen LogP) is 1.78. The van der Waals surface area contributed by atoms with Crippen LogP contribution in [0.3, 0.4) is 0 Å². The van der Waals surface area contributed by atoms with Crippen molar-refractivity contribution in [3.63, 3.8) is 0 Å². The summed E-state index contributed by atoms with van der Waals surface area (Å²) in [4.78, 5) is 25.1. The molecule has 0 aromatic rings. The first-order valence-electron chi connectivity index (χ1n) is 6.93. The Morgan fingerprint density at radius 3 is 2.63 bits per heavy atom. The van der Waals surface area contributed by atoms with Gasteiger partial charge in [0, 0.05) is 24.9 Å². The molecule has 2 aliphatic rings. The second-order valence-electron chi connectivity index (χ2n) is 5.41. The SMILES string of the molecule is CN(C(=O)NC1CCCCC1C(=O)O)C1CCSC1. The molecule has 1 heterocycles. The van der Waals surface area contributed by atoms with E-state index in [1.54, 1.807) is 4.90 Å². The van der Waals surface area contributed by atoms with Gasteiger partial charge in [0.1, 0.15) is 0 Å². The number of aliphatic carboxylic acids is 1. The monoisotopic (exact) mass is 286 g/mol. The van der Waals surface area contributed by atoms with E-state index in [-0.39, 0.29) is 18.1 Å². The molecule has 1 aliphatic heterocycles. The average Bonchev–Trinajstić information content (AvgIpc) is 2.92. The van der Waals surface area contributed by atoms with Crippen LogP contribution in [0.15, 0.2) is 0 Å². The van der Waals surface area contributed by atoms with Gasteiger partial charge >= 0.3 is 12.0 Å². The molecule has 1 saturated heterocycles. The fraction of sp³-hybridized carbons (Fsp3) is 0.846. The van der Waals surface area contributed by atoms with Crippen LogP contribution in [0.1, 0.15) is 32.1 Å². The van der Waals surface area contributed by atoms with Gasteiger partial charge in [-0.1, -0.05) is 12.8 Å². The normalized spacial score (nSPS) is 30.9. The molecule has 3 unspecified atom stereocenters. The lowest BCUT2D eigenvalue weighted by Gasteiger charge is -2.32. The van der Waals surface area contributed by atoms with Crippen LogP contribution in [0.5, 0.6) is 0 Å². The molecule has 3 atom stereocenters. The molecule has 6 heteroatoms. The van der Waals surface area contributed by atoms with Crippen molar-refractivity contribution >= 4 is 23.8 Å². The van der Waals surface area contributed by atoms with E-state index in [9.17, 15) is 14.7 Å². The van der Waals surface area contributed by atoms with Gasteiger partial charge in [0.25, 0.3) is 0 Å². The lowest BCUT2D eigenvalue weighted by molar-refractivity contribution is -0.143. The van der Waals surface area contributed by atoms with Crippen molar-refractivity contribution in [3.05, 3.63) is 0 Å². The lowest BCUT2D eigenvalue weighted by Crippen LogP contribution is -2.51. The summed E-state index contributed by atoms with van der Waals surface area (Å²) in [5, 5.41) is 12.1. The molecule has 0 bridgehead atoms. The fourth-order valence-corrected chi connectivity index (χ4v) is 4.12. The van der Waals surface area contributed by atoms with Crippen molar-refractivity contribution in [2.24, 2.45) is 5.92 Å². The number of urea groups is 1. The Kier molecular flexibility index (Phi) is 4.96. The minimum absolute atomic E-state index is 0.120. The average molecular weight is 286 g/mol. The third kappa shape index (κ3) is 3.55. The number of carbonyl (C=O) groups excluding carboxylic acids is 1. The Hall–Kier alpha value is -0.910. The molecule has 1 saturated carbocycles. The number of carboxylic acids is 1. The molecule has 1 aliphatic carbocycles. The van der Waals surface area contributed by atoms with Crippen molar-refractivity contribution in [2.45, 2.75) is 44.2 Å². The summed E-state index contributed by atoms with van der Waals surface area (Å²) < 4.78 is 0. The van der Waals surface area contributed by atoms with E-state index in [1.165, 1.54) is 0 Å². The highest BCUT2D eigenvalue weighted by Crippen LogP contribution is 2.26. The van der Waals surface area contributed by atoms with E-state index >= 15 is 0 Å². The molecule has 2 N–H and O–H groups in total. The van der Waals surface area contributed by atoms with Crippen LogP contribution in [0.25, 0.3) is 0 Å². The minimum atomic E-state index is -0.788. The van der Waals surface area contributed by atoms with Crippen LogP contribution in [-0.2, 0) is 4.79 Å². The summed E-state index contributed by atoms with van der Waals surface area (Å²) in [5.74, 6) is 0.869. The molecule has 108 valence electrons. The highest BCUT2D eigenvalue weighted by molar-refractivity contribution is 7.99. The summed E-state index contributed by atoms with van der Waals surface area (Å²) in [7, 11) is 1.81. The zero-order valence-corrected chi connectivity index (χ0v) is 12.1. The first-order chi connectivity index (χ1) is 9.09. The second kappa shape index (κ2) is 6.50. The fourth-order valence-electron chi connectivity index (χ4n) is 2.85. The van der Waals surface area contributed by atoms with E-state index in [0.717, 1.165) is 37.2 Å². The number of rotatable bonds is 3. The third-order valence-electron chi connectivity index (χ3n) is 4.17. The second-order valence-corrected chi connectivity index (χ2v) is 6.56. The molecule has 0 aromatic heterocycles. The van der Waals surface area contributed by atoms with Crippen LogP contribution in [0.2, 0.25) is 0 Å². The van der Waals surface area contributed by atoms with Gasteiger partial charge in [0.05, 0.1) is 5.92 Å². The van der Waals surface area contributed by atoms with E-state index < -0.39 is 11.9 Å². The molecule has 2 rings (SSSR count). The number of thioether (sulfide) groups is 1. The van der Waals surface area contributed by atoms with E-state index in [4.69, 9.17) is 0 Å². The summed E-state index contributed by atoms with van der Waals surface area (Å²) in [6.45, 7) is 0. The highest BCUT2D eigenvalue weighted by Gasteiger charge is 2.33. The Labute approximate surface area is 118 Å². The Balaban J connectivity index is 1.90. The van der Waals surface area contributed by atoms with E-state index in [2.05, 4.69) is 5.32 Å². The van der Waals surface area contributed by atoms with Gasteiger partial charge in [-0.15, -0.1) is 0 Å². The maximum absolute atomic E-state index is 12.2. The van der Waals surface area contributed by atoms with Crippen LogP contribution in [-0.4, -0.2) is 52.6 Å². The van der Waals surface area contributed by atoms with Crippen LogP contribution in [0.4, 0.5) is 4.79 Å². The number of nitrogens with zero attached hydrogens (tertiary/aromatic N) is 1. The molecule has 0 aromatic carbocycles. The minimum Gasteiger partial charge on any atom is -0.481 e. The van der Waals surface area contributed by atoms with Gasteiger partial charge < -0.3 is 15.3 Å². The number of amides is 2. The Morgan fingerprint density at radius 2 is 2.00 bits per heavy atom. The van der Waals surface area contributed by atoms with Crippen molar-refractivity contribution in [2.75, 3.05) is 18.6 Å². The third-order valence-corrected chi connectivity index (χ3v) is 5.31.